The van der Waals surface area contributed by atoms with Gasteiger partial charge in [0.25, 0.3) is 5.91 Å². The van der Waals surface area contributed by atoms with Gasteiger partial charge in [-0.1, -0.05) is 30.3 Å². The fraction of sp³-hybridized carbons (Fsp3) is 0.435. The van der Waals surface area contributed by atoms with Crippen LogP contribution in [0.4, 0.5) is 0 Å². The van der Waals surface area contributed by atoms with Crippen molar-refractivity contribution in [2.75, 3.05) is 33.2 Å². The first-order valence-electron chi connectivity index (χ1n) is 10.6. The molecule has 1 aromatic carbocycles. The molecule has 31 heavy (non-hydrogen) atoms. The molecule has 3 heterocycles. The Morgan fingerprint density at radius 1 is 1.19 bits per heavy atom. The molecule has 0 bridgehead atoms. The Labute approximate surface area is 181 Å². The van der Waals surface area contributed by atoms with Crippen molar-refractivity contribution in [3.63, 3.8) is 0 Å². The number of carbonyl (C=O) groups is 2. The van der Waals surface area contributed by atoms with Crippen LogP contribution in [0.3, 0.4) is 0 Å². The Bertz CT molecular complexity index is 938. The number of amides is 2. The highest BCUT2D eigenvalue weighted by molar-refractivity contribution is 5.96. The van der Waals surface area contributed by atoms with Crippen LogP contribution in [0.5, 0.6) is 5.75 Å². The number of aliphatic hydroxyl groups is 1. The number of benzene rings is 1. The highest BCUT2D eigenvalue weighted by atomic mass is 16.3. The Kier molecular flexibility index (Phi) is 6.20. The van der Waals surface area contributed by atoms with Gasteiger partial charge in [-0.15, -0.1) is 0 Å². The van der Waals surface area contributed by atoms with Gasteiger partial charge in [0.1, 0.15) is 5.75 Å². The maximum atomic E-state index is 13.2. The molecular formula is C23H28N4O4. The number of hydrogen-bond donors (Lipinski definition) is 3. The van der Waals surface area contributed by atoms with E-state index >= 15 is 0 Å². The highest BCUT2D eigenvalue weighted by Gasteiger charge is 2.48. The van der Waals surface area contributed by atoms with E-state index in [1.165, 1.54) is 18.5 Å². The molecule has 2 aromatic rings. The van der Waals surface area contributed by atoms with Crippen molar-refractivity contribution in [3.05, 3.63) is 59.9 Å². The van der Waals surface area contributed by atoms with Crippen LogP contribution in [0.2, 0.25) is 0 Å². The fourth-order valence-electron chi connectivity index (χ4n) is 4.87. The summed E-state index contributed by atoms with van der Waals surface area (Å²) < 4.78 is 0. The first kappa shape index (κ1) is 21.3. The van der Waals surface area contributed by atoms with E-state index in [4.69, 9.17) is 0 Å². The molecule has 164 valence electrons. The van der Waals surface area contributed by atoms with E-state index in [2.05, 4.69) is 15.2 Å². The summed E-state index contributed by atoms with van der Waals surface area (Å²) in [7, 11) is 2.00. The summed E-state index contributed by atoms with van der Waals surface area (Å²) >= 11 is 0. The van der Waals surface area contributed by atoms with E-state index in [-0.39, 0.29) is 41.6 Å². The zero-order valence-corrected chi connectivity index (χ0v) is 17.5. The van der Waals surface area contributed by atoms with Gasteiger partial charge in [-0.25, -0.2) is 0 Å². The van der Waals surface area contributed by atoms with Gasteiger partial charge < -0.3 is 25.3 Å². The fourth-order valence-corrected chi connectivity index (χ4v) is 4.87. The van der Waals surface area contributed by atoms with Crippen molar-refractivity contribution in [1.29, 1.82) is 0 Å². The molecule has 0 saturated carbocycles. The number of carbonyl (C=O) groups excluding carboxylic acids is 2. The van der Waals surface area contributed by atoms with Crippen molar-refractivity contribution < 1.29 is 19.8 Å². The maximum absolute atomic E-state index is 13.2. The zero-order chi connectivity index (χ0) is 22.0. The maximum Gasteiger partial charge on any atom is 0.253 e. The summed E-state index contributed by atoms with van der Waals surface area (Å²) in [6, 6.07) is 11.2. The molecule has 2 saturated heterocycles. The Hall–Kier alpha value is -2.97. The number of likely N-dealkylation sites (tertiary alicyclic amines) is 2. The summed E-state index contributed by atoms with van der Waals surface area (Å²) in [5.41, 5.74) is 1.31. The van der Waals surface area contributed by atoms with Gasteiger partial charge in [0.05, 0.1) is 30.5 Å². The first-order valence-corrected chi connectivity index (χ1v) is 10.6. The normalized spacial score (nSPS) is 26.2. The van der Waals surface area contributed by atoms with Gasteiger partial charge in [0, 0.05) is 37.7 Å². The number of likely N-dealkylation sites (N-methyl/N-ethyl adjacent to an activating group) is 1. The van der Waals surface area contributed by atoms with E-state index in [1.54, 1.807) is 0 Å². The minimum absolute atomic E-state index is 0.0441. The molecule has 4 atom stereocenters. The van der Waals surface area contributed by atoms with Gasteiger partial charge in [-0.3, -0.25) is 14.6 Å². The van der Waals surface area contributed by atoms with E-state index in [0.717, 1.165) is 12.1 Å². The summed E-state index contributed by atoms with van der Waals surface area (Å²) in [5, 5.41) is 23.1. The average molecular weight is 425 g/mol. The van der Waals surface area contributed by atoms with Crippen LogP contribution in [0.1, 0.15) is 28.3 Å². The van der Waals surface area contributed by atoms with Crippen LogP contribution < -0.4 is 5.32 Å². The smallest absolute Gasteiger partial charge is 0.253 e. The monoisotopic (exact) mass is 424 g/mol. The molecule has 8 heteroatoms. The lowest BCUT2D eigenvalue weighted by Gasteiger charge is -2.30. The summed E-state index contributed by atoms with van der Waals surface area (Å²) in [6.07, 6.45) is 2.76. The molecule has 3 N–H and O–H groups in total. The van der Waals surface area contributed by atoms with Gasteiger partial charge in [-0.05, 0) is 25.1 Å². The van der Waals surface area contributed by atoms with E-state index in [9.17, 15) is 19.8 Å². The highest BCUT2D eigenvalue weighted by Crippen LogP contribution is 2.41. The van der Waals surface area contributed by atoms with Crippen LogP contribution >= 0.6 is 0 Å². The third kappa shape index (κ3) is 4.55. The van der Waals surface area contributed by atoms with Crippen LogP contribution in [-0.2, 0) is 4.79 Å². The number of hydrogen-bond acceptors (Lipinski definition) is 6. The Balaban J connectivity index is 1.52. The number of rotatable bonds is 4. The van der Waals surface area contributed by atoms with Crippen molar-refractivity contribution >= 4 is 11.8 Å². The number of fused-ring (bicyclic) bond motifs is 1. The van der Waals surface area contributed by atoms with Gasteiger partial charge in [0.2, 0.25) is 5.91 Å². The third-order valence-electron chi connectivity index (χ3n) is 6.39. The topological polar surface area (TPSA) is 106 Å². The number of nitrogens with one attached hydrogen (secondary N) is 1. The standard InChI is InChI=1S/C23H28N4O4/c1-26-8-7-20(29)22-18(15-5-3-2-4-6-15)13-27(19(22)14-26)21(30)12-25-23(31)16-9-17(28)11-24-10-16/h2-6,9-11,18-20,22,28-29H,7-8,12-14H2,1H3,(H,25,31)/t18-,19+,20+,22-/m0/s1. The van der Waals surface area contributed by atoms with Crippen molar-refractivity contribution in [3.8, 4) is 5.75 Å². The molecule has 2 aliphatic heterocycles. The second kappa shape index (κ2) is 9.03. The lowest BCUT2D eigenvalue weighted by atomic mass is 9.81. The van der Waals surface area contributed by atoms with Crippen LogP contribution in [0.15, 0.2) is 48.8 Å². The molecule has 0 unspecified atom stereocenters. The molecule has 2 fully saturated rings. The predicted octanol–water partition coefficient (Wildman–Crippen LogP) is 0.824. The average Bonchev–Trinajstić information content (AvgIpc) is 3.08. The summed E-state index contributed by atoms with van der Waals surface area (Å²) in [5.74, 6) is -0.769. The van der Waals surface area contributed by atoms with Crippen LogP contribution in [0.25, 0.3) is 0 Å². The number of pyridine rings is 1. The molecule has 2 aliphatic rings. The van der Waals surface area contributed by atoms with Crippen molar-refractivity contribution in [2.24, 2.45) is 5.92 Å². The van der Waals surface area contributed by atoms with E-state index in [1.807, 2.05) is 42.3 Å². The number of nitrogens with zero attached hydrogens (tertiary/aromatic N) is 3. The SMILES string of the molecule is CN1CC[C@@H](O)[C@@H]2[C@@H](C1)N(C(=O)CNC(=O)c1cncc(O)c1)C[C@H]2c1ccccc1. The number of aromatic nitrogens is 1. The molecule has 8 nitrogen and oxygen atoms in total. The Morgan fingerprint density at radius 3 is 2.71 bits per heavy atom. The molecular weight excluding hydrogens is 396 g/mol. The summed E-state index contributed by atoms with van der Waals surface area (Å²) in [4.78, 5) is 33.3. The molecule has 4 rings (SSSR count). The molecule has 1 aromatic heterocycles. The molecule has 0 spiro atoms. The number of aromatic hydroxyl groups is 1. The minimum atomic E-state index is -0.495. The predicted molar refractivity (Wildman–Crippen MR) is 115 cm³/mol. The van der Waals surface area contributed by atoms with Crippen LogP contribution in [-0.4, -0.2) is 82.2 Å². The second-order valence-electron chi connectivity index (χ2n) is 8.44. The third-order valence-corrected chi connectivity index (χ3v) is 6.39. The second-order valence-corrected chi connectivity index (χ2v) is 8.44. The lowest BCUT2D eigenvalue weighted by Crippen LogP contribution is -2.48. The molecule has 0 aliphatic carbocycles. The van der Waals surface area contributed by atoms with Crippen molar-refractivity contribution in [1.82, 2.24) is 20.1 Å². The molecule has 0 radical (unpaired) electrons. The number of aliphatic hydroxyl groups excluding tert-OH is 1. The zero-order valence-electron chi connectivity index (χ0n) is 17.5. The first-order chi connectivity index (χ1) is 14.9. The lowest BCUT2D eigenvalue weighted by molar-refractivity contribution is -0.131. The van der Waals surface area contributed by atoms with E-state index < -0.39 is 12.0 Å². The summed E-state index contributed by atoms with van der Waals surface area (Å²) in [6.45, 7) is 1.81. The van der Waals surface area contributed by atoms with Crippen LogP contribution in [0, 0.1) is 5.92 Å². The Morgan fingerprint density at radius 2 is 1.97 bits per heavy atom. The van der Waals surface area contributed by atoms with Gasteiger partial charge >= 0.3 is 0 Å². The quantitative estimate of drug-likeness (QED) is 0.671. The van der Waals surface area contributed by atoms with Crippen molar-refractivity contribution in [2.45, 2.75) is 24.5 Å². The molecule has 2 amide bonds. The van der Waals surface area contributed by atoms with E-state index in [0.29, 0.717) is 19.5 Å². The largest absolute Gasteiger partial charge is 0.506 e. The van der Waals surface area contributed by atoms with Gasteiger partial charge in [-0.2, -0.15) is 0 Å². The minimum Gasteiger partial charge on any atom is -0.506 e. The van der Waals surface area contributed by atoms with Gasteiger partial charge in [0.15, 0.2) is 0 Å².